The zero-order chi connectivity index (χ0) is 13.3. The van der Waals surface area contributed by atoms with Crippen molar-refractivity contribution >= 4 is 21.5 Å². The lowest BCUT2D eigenvalue weighted by molar-refractivity contribution is 0.302. The number of hydrogen-bond acceptors (Lipinski definition) is 5. The molecule has 0 aliphatic heterocycles. The van der Waals surface area contributed by atoms with Gasteiger partial charge in [-0.25, -0.2) is 13.4 Å². The van der Waals surface area contributed by atoms with E-state index in [1.165, 1.54) is 0 Å². The van der Waals surface area contributed by atoms with Crippen molar-refractivity contribution in [3.05, 3.63) is 12.3 Å². The van der Waals surface area contributed by atoms with Gasteiger partial charge in [0.1, 0.15) is 5.75 Å². The van der Waals surface area contributed by atoms with Gasteiger partial charge in [-0.15, -0.1) is 0 Å². The molecule has 1 saturated carbocycles. The molecule has 2 rings (SSSR count). The van der Waals surface area contributed by atoms with Crippen molar-refractivity contribution < 1.29 is 13.2 Å². The predicted octanol–water partition coefficient (Wildman–Crippen LogP) is 1.06. The molecule has 0 atom stereocenters. The predicted molar refractivity (Wildman–Crippen MR) is 70.7 cm³/mol. The third-order valence-corrected chi connectivity index (χ3v) is 3.00. The van der Waals surface area contributed by atoms with Crippen molar-refractivity contribution in [1.29, 1.82) is 0 Å². The third kappa shape index (κ3) is 3.49. The first-order chi connectivity index (χ1) is 8.35. The third-order valence-electron chi connectivity index (χ3n) is 2.43. The van der Waals surface area contributed by atoms with E-state index in [-0.39, 0.29) is 6.10 Å². The topological polar surface area (TPSA) is 71.5 Å². The molecule has 1 N–H and O–H groups in total. The van der Waals surface area contributed by atoms with Crippen LogP contribution in [0.2, 0.25) is 0 Å². The molecule has 1 heterocycles. The first-order valence-corrected chi connectivity index (χ1v) is 7.56. The summed E-state index contributed by atoms with van der Waals surface area (Å²) < 4.78 is 30.5. The molecule has 1 aliphatic carbocycles. The summed E-state index contributed by atoms with van der Waals surface area (Å²) in [7, 11) is 0.313. The first kappa shape index (κ1) is 12.9. The van der Waals surface area contributed by atoms with Gasteiger partial charge in [-0.2, -0.15) is 0 Å². The average molecular weight is 271 g/mol. The molecule has 0 unspecified atom stereocenters. The molecule has 0 saturated heterocycles. The summed E-state index contributed by atoms with van der Waals surface area (Å²) in [4.78, 5) is 5.90. The highest BCUT2D eigenvalue weighted by Crippen LogP contribution is 2.31. The number of ether oxygens (including phenoxy) is 1. The van der Waals surface area contributed by atoms with Gasteiger partial charge in [0.25, 0.3) is 0 Å². The lowest BCUT2D eigenvalue weighted by Crippen LogP contribution is -2.17. The zero-order valence-corrected chi connectivity index (χ0v) is 11.5. The summed E-state index contributed by atoms with van der Waals surface area (Å²) in [6.07, 6.45) is 5.07. The SMILES string of the molecule is CN(C)c1cc(OC2CC2)cnc1NS(C)(=O)=O. The summed E-state index contributed by atoms with van der Waals surface area (Å²) in [6, 6.07) is 1.79. The molecule has 0 aromatic carbocycles. The van der Waals surface area contributed by atoms with Crippen molar-refractivity contribution in [2.75, 3.05) is 30.0 Å². The van der Waals surface area contributed by atoms with Crippen LogP contribution in [0, 0.1) is 0 Å². The Morgan fingerprint density at radius 3 is 2.61 bits per heavy atom. The quantitative estimate of drug-likeness (QED) is 0.867. The Morgan fingerprint density at radius 1 is 1.44 bits per heavy atom. The second-order valence-electron chi connectivity index (χ2n) is 4.62. The summed E-state index contributed by atoms with van der Waals surface area (Å²) in [5, 5.41) is 0. The minimum atomic E-state index is -3.34. The Hall–Kier alpha value is -1.50. The Balaban J connectivity index is 2.28. The molecule has 0 radical (unpaired) electrons. The van der Waals surface area contributed by atoms with Crippen LogP contribution in [0.3, 0.4) is 0 Å². The number of pyridine rings is 1. The molecular formula is C11H17N3O3S. The molecule has 1 aromatic heterocycles. The second kappa shape index (κ2) is 4.64. The summed E-state index contributed by atoms with van der Waals surface area (Å²) in [5.74, 6) is 0.978. The molecule has 0 bridgehead atoms. The van der Waals surface area contributed by atoms with Crippen LogP contribution >= 0.6 is 0 Å². The normalized spacial score (nSPS) is 15.3. The zero-order valence-electron chi connectivity index (χ0n) is 10.7. The van der Waals surface area contributed by atoms with Crippen molar-refractivity contribution in [2.45, 2.75) is 18.9 Å². The highest BCUT2D eigenvalue weighted by Gasteiger charge is 2.24. The highest BCUT2D eigenvalue weighted by atomic mass is 32.2. The van der Waals surface area contributed by atoms with Crippen LogP contribution in [0.5, 0.6) is 5.75 Å². The fourth-order valence-corrected chi connectivity index (χ4v) is 1.98. The molecule has 0 spiro atoms. The van der Waals surface area contributed by atoms with E-state index in [1.54, 1.807) is 17.2 Å². The number of aromatic nitrogens is 1. The minimum absolute atomic E-state index is 0.288. The number of anilines is 2. The van der Waals surface area contributed by atoms with Crippen LogP contribution in [0.4, 0.5) is 11.5 Å². The fraction of sp³-hybridized carbons (Fsp3) is 0.545. The standard InChI is InChI=1S/C11H17N3O3S/c1-14(2)10-6-9(17-8-4-5-8)7-12-11(10)13-18(3,15)16/h6-8H,4-5H2,1-3H3,(H,12,13). The molecular weight excluding hydrogens is 254 g/mol. The Labute approximate surface area is 107 Å². The maximum Gasteiger partial charge on any atom is 0.231 e. The lowest BCUT2D eigenvalue weighted by atomic mass is 10.3. The largest absolute Gasteiger partial charge is 0.489 e. The number of rotatable bonds is 5. The van der Waals surface area contributed by atoms with Crippen LogP contribution in [0.25, 0.3) is 0 Å². The Bertz CT molecular complexity index is 538. The average Bonchev–Trinajstić information content (AvgIpc) is 3.01. The van der Waals surface area contributed by atoms with Crippen molar-refractivity contribution in [3.8, 4) is 5.75 Å². The maximum atomic E-state index is 11.2. The van der Waals surface area contributed by atoms with Gasteiger partial charge in [-0.3, -0.25) is 4.72 Å². The van der Waals surface area contributed by atoms with Crippen molar-refractivity contribution in [3.63, 3.8) is 0 Å². The molecule has 1 fully saturated rings. The molecule has 1 aromatic rings. The molecule has 1 aliphatic rings. The second-order valence-corrected chi connectivity index (χ2v) is 6.37. The van der Waals surface area contributed by atoms with E-state index in [2.05, 4.69) is 9.71 Å². The number of nitrogens with one attached hydrogen (secondary N) is 1. The van der Waals surface area contributed by atoms with E-state index in [0.29, 0.717) is 17.3 Å². The maximum absolute atomic E-state index is 11.2. The molecule has 7 heteroatoms. The van der Waals surface area contributed by atoms with E-state index in [1.807, 2.05) is 14.1 Å². The van der Waals surface area contributed by atoms with Crippen molar-refractivity contribution in [1.82, 2.24) is 4.98 Å². The Morgan fingerprint density at radius 2 is 2.11 bits per heavy atom. The van der Waals surface area contributed by atoms with Gasteiger partial charge < -0.3 is 9.64 Å². The highest BCUT2D eigenvalue weighted by molar-refractivity contribution is 7.92. The van der Waals surface area contributed by atoms with Gasteiger partial charge in [0, 0.05) is 20.2 Å². The van der Waals surface area contributed by atoms with E-state index in [4.69, 9.17) is 4.74 Å². The lowest BCUT2D eigenvalue weighted by Gasteiger charge is -2.18. The molecule has 6 nitrogen and oxygen atoms in total. The van der Waals surface area contributed by atoms with Gasteiger partial charge >= 0.3 is 0 Å². The number of nitrogens with zero attached hydrogens (tertiary/aromatic N) is 2. The van der Waals surface area contributed by atoms with E-state index < -0.39 is 10.0 Å². The van der Waals surface area contributed by atoms with Gasteiger partial charge in [-0.05, 0) is 12.8 Å². The minimum Gasteiger partial charge on any atom is -0.489 e. The number of hydrogen-bond donors (Lipinski definition) is 1. The molecule has 0 amide bonds. The summed E-state index contributed by atoms with van der Waals surface area (Å²) >= 11 is 0. The van der Waals surface area contributed by atoms with Gasteiger partial charge in [0.2, 0.25) is 10.0 Å². The van der Waals surface area contributed by atoms with Crippen LogP contribution in [0.1, 0.15) is 12.8 Å². The van der Waals surface area contributed by atoms with E-state index in [9.17, 15) is 8.42 Å². The first-order valence-electron chi connectivity index (χ1n) is 5.67. The molecule has 18 heavy (non-hydrogen) atoms. The van der Waals surface area contributed by atoms with Crippen LogP contribution in [-0.2, 0) is 10.0 Å². The van der Waals surface area contributed by atoms with Crippen LogP contribution in [0.15, 0.2) is 12.3 Å². The monoisotopic (exact) mass is 271 g/mol. The van der Waals surface area contributed by atoms with Gasteiger partial charge in [-0.1, -0.05) is 0 Å². The summed E-state index contributed by atoms with van der Waals surface area (Å²) in [5.41, 5.74) is 0.679. The smallest absolute Gasteiger partial charge is 0.231 e. The molecule has 100 valence electrons. The van der Waals surface area contributed by atoms with E-state index >= 15 is 0 Å². The fourth-order valence-electron chi connectivity index (χ4n) is 1.47. The summed E-state index contributed by atoms with van der Waals surface area (Å²) in [6.45, 7) is 0. The van der Waals surface area contributed by atoms with Gasteiger partial charge in [0.05, 0.1) is 24.2 Å². The van der Waals surface area contributed by atoms with Crippen molar-refractivity contribution in [2.24, 2.45) is 0 Å². The Kier molecular flexibility index (Phi) is 3.34. The number of sulfonamides is 1. The van der Waals surface area contributed by atoms with Gasteiger partial charge in [0.15, 0.2) is 5.82 Å². The van der Waals surface area contributed by atoms with Crippen LogP contribution in [-0.4, -0.2) is 39.9 Å². The van der Waals surface area contributed by atoms with E-state index in [0.717, 1.165) is 19.1 Å². The van der Waals surface area contributed by atoms with Crippen LogP contribution < -0.4 is 14.4 Å².